The minimum Gasteiger partial charge on any atom is -0.504 e. The topological polar surface area (TPSA) is 120 Å². The molecular weight excluding hydrogens is 292 g/mol. The highest BCUT2D eigenvalue weighted by Crippen LogP contribution is 2.35. The molecule has 1 aromatic rings. The van der Waals surface area contributed by atoms with Crippen LogP contribution in [0.5, 0.6) is 11.5 Å². The number of aromatic hydroxyl groups is 1. The third kappa shape index (κ3) is 3.34. The molecule has 1 fully saturated rings. The van der Waals surface area contributed by atoms with Crippen molar-refractivity contribution >= 4 is 0 Å². The van der Waals surface area contributed by atoms with Gasteiger partial charge in [0.1, 0.15) is 6.10 Å². The molecule has 1 aliphatic rings. The maximum Gasteiger partial charge on any atom is 0.160 e. The molecule has 22 heavy (non-hydrogen) atoms. The van der Waals surface area contributed by atoms with Gasteiger partial charge in [0.15, 0.2) is 17.8 Å². The van der Waals surface area contributed by atoms with Crippen LogP contribution in [0.2, 0.25) is 0 Å². The molecule has 7 heteroatoms. The number of methoxy groups -OCH3 is 1. The van der Waals surface area contributed by atoms with Crippen LogP contribution in [0.3, 0.4) is 0 Å². The van der Waals surface area contributed by atoms with E-state index in [1.165, 1.54) is 25.3 Å². The predicted molar refractivity (Wildman–Crippen MR) is 76.3 cm³/mol. The van der Waals surface area contributed by atoms with Crippen LogP contribution in [0.1, 0.15) is 25.0 Å². The molecule has 7 nitrogen and oxygen atoms in total. The number of hydrogen-bond acceptors (Lipinski definition) is 7. The molecule has 0 saturated carbocycles. The third-order valence-electron chi connectivity index (χ3n) is 4.07. The van der Waals surface area contributed by atoms with Gasteiger partial charge in [0.05, 0.1) is 25.4 Å². The van der Waals surface area contributed by atoms with Gasteiger partial charge in [-0.1, -0.05) is 6.07 Å². The van der Waals surface area contributed by atoms with Crippen LogP contribution in [-0.4, -0.2) is 57.2 Å². The van der Waals surface area contributed by atoms with Gasteiger partial charge < -0.3 is 35.0 Å². The van der Waals surface area contributed by atoms with Gasteiger partial charge in [0.25, 0.3) is 0 Å². The second kappa shape index (κ2) is 6.80. The SMILES string of the molecule is COc1cc(C(O)C[C@@H]2C(O)O[C@H](C)[C@@H](O)[C@@H]2O)ccc1O. The van der Waals surface area contributed by atoms with Crippen LogP contribution in [0.25, 0.3) is 0 Å². The Labute approximate surface area is 128 Å². The minimum atomic E-state index is -1.28. The number of hydrogen-bond donors (Lipinski definition) is 5. The molecule has 1 heterocycles. The van der Waals surface area contributed by atoms with Gasteiger partial charge in [0, 0.05) is 5.92 Å². The first kappa shape index (κ1) is 17.0. The second-order valence-corrected chi connectivity index (χ2v) is 5.56. The van der Waals surface area contributed by atoms with Crippen molar-refractivity contribution in [3.8, 4) is 11.5 Å². The molecule has 5 N–H and O–H groups in total. The Morgan fingerprint density at radius 3 is 2.55 bits per heavy atom. The lowest BCUT2D eigenvalue weighted by Crippen LogP contribution is -2.53. The van der Waals surface area contributed by atoms with Gasteiger partial charge in [-0.25, -0.2) is 0 Å². The average Bonchev–Trinajstić information content (AvgIpc) is 2.49. The van der Waals surface area contributed by atoms with E-state index in [1.807, 2.05) is 0 Å². The number of benzene rings is 1. The summed E-state index contributed by atoms with van der Waals surface area (Å²) in [5.74, 6) is -0.670. The molecule has 0 aliphatic carbocycles. The normalized spacial score (nSPS) is 33.5. The molecule has 1 aromatic carbocycles. The van der Waals surface area contributed by atoms with Crippen LogP contribution >= 0.6 is 0 Å². The zero-order chi connectivity index (χ0) is 16.4. The van der Waals surface area contributed by atoms with Crippen molar-refractivity contribution in [1.29, 1.82) is 0 Å². The van der Waals surface area contributed by atoms with Crippen molar-refractivity contribution in [3.05, 3.63) is 23.8 Å². The van der Waals surface area contributed by atoms with Crippen molar-refractivity contribution in [2.75, 3.05) is 7.11 Å². The van der Waals surface area contributed by atoms with E-state index in [0.717, 1.165) is 0 Å². The Kier molecular flexibility index (Phi) is 5.25. The summed E-state index contributed by atoms with van der Waals surface area (Å²) in [6.45, 7) is 1.55. The Morgan fingerprint density at radius 1 is 1.23 bits per heavy atom. The van der Waals surface area contributed by atoms with Crippen molar-refractivity contribution in [3.63, 3.8) is 0 Å². The summed E-state index contributed by atoms with van der Waals surface area (Å²) in [6.07, 6.45) is -5.33. The predicted octanol–water partition coefficient (Wildman–Crippen LogP) is -0.101. The first-order valence-electron chi connectivity index (χ1n) is 7.09. The average molecular weight is 314 g/mol. The van der Waals surface area contributed by atoms with Crippen molar-refractivity contribution in [2.24, 2.45) is 5.92 Å². The van der Waals surface area contributed by atoms with Crippen LogP contribution < -0.4 is 4.74 Å². The molecule has 2 unspecified atom stereocenters. The molecule has 1 aliphatic heterocycles. The first-order chi connectivity index (χ1) is 10.3. The summed E-state index contributed by atoms with van der Waals surface area (Å²) >= 11 is 0. The standard InChI is InChI=1S/C15H22O7/c1-7-13(18)14(19)9(15(20)22-7)6-11(17)8-3-4-10(16)12(5-8)21-2/h3-5,7,9,11,13-20H,6H2,1-2H3/t7-,9+,11?,13-,14-,15?/m1/s1. The summed E-state index contributed by atoms with van der Waals surface area (Å²) in [5.41, 5.74) is 0.460. The lowest BCUT2D eigenvalue weighted by atomic mass is 9.85. The van der Waals surface area contributed by atoms with Crippen LogP contribution in [0.4, 0.5) is 0 Å². The summed E-state index contributed by atoms with van der Waals surface area (Å²) in [5, 5.41) is 49.6. The van der Waals surface area contributed by atoms with Gasteiger partial charge in [-0.3, -0.25) is 0 Å². The fourth-order valence-corrected chi connectivity index (χ4v) is 2.65. The highest BCUT2D eigenvalue weighted by molar-refractivity contribution is 5.42. The summed E-state index contributed by atoms with van der Waals surface area (Å²) < 4.78 is 10.1. The molecule has 0 amide bonds. The zero-order valence-corrected chi connectivity index (χ0v) is 12.5. The minimum absolute atomic E-state index is 0.0138. The van der Waals surface area contributed by atoms with Crippen molar-refractivity contribution < 1.29 is 35.0 Å². The maximum atomic E-state index is 10.3. The molecule has 2 rings (SSSR count). The maximum absolute atomic E-state index is 10.3. The van der Waals surface area contributed by atoms with E-state index in [0.29, 0.717) is 5.56 Å². The van der Waals surface area contributed by atoms with Crippen LogP contribution in [0.15, 0.2) is 18.2 Å². The fourth-order valence-electron chi connectivity index (χ4n) is 2.65. The van der Waals surface area contributed by atoms with E-state index >= 15 is 0 Å². The Hall–Kier alpha value is -1.38. The number of aliphatic hydroxyl groups is 4. The van der Waals surface area contributed by atoms with Crippen LogP contribution in [0, 0.1) is 5.92 Å². The molecule has 0 spiro atoms. The Morgan fingerprint density at radius 2 is 1.91 bits per heavy atom. The van der Waals surface area contributed by atoms with Gasteiger partial charge in [-0.2, -0.15) is 0 Å². The van der Waals surface area contributed by atoms with E-state index < -0.39 is 36.6 Å². The number of aliphatic hydroxyl groups excluding tert-OH is 4. The van der Waals surface area contributed by atoms with Crippen LogP contribution in [-0.2, 0) is 4.74 Å². The summed E-state index contributed by atoms with van der Waals surface area (Å²) in [4.78, 5) is 0. The highest BCUT2D eigenvalue weighted by atomic mass is 16.6. The number of phenols is 1. The van der Waals surface area contributed by atoms with Gasteiger partial charge in [-0.05, 0) is 31.0 Å². The molecule has 0 bridgehead atoms. The molecule has 1 saturated heterocycles. The second-order valence-electron chi connectivity index (χ2n) is 5.56. The molecule has 6 atom stereocenters. The summed E-state index contributed by atoms with van der Waals surface area (Å²) in [6, 6.07) is 4.38. The molecule has 0 aromatic heterocycles. The first-order valence-corrected chi connectivity index (χ1v) is 7.09. The largest absolute Gasteiger partial charge is 0.504 e. The quantitative estimate of drug-likeness (QED) is 0.526. The fraction of sp³-hybridized carbons (Fsp3) is 0.600. The monoisotopic (exact) mass is 314 g/mol. The lowest BCUT2D eigenvalue weighted by molar-refractivity contribution is -0.263. The van der Waals surface area contributed by atoms with E-state index in [9.17, 15) is 25.5 Å². The van der Waals surface area contributed by atoms with Gasteiger partial charge in [0.2, 0.25) is 0 Å². The zero-order valence-electron chi connectivity index (χ0n) is 12.5. The third-order valence-corrected chi connectivity index (χ3v) is 4.07. The molecule has 0 radical (unpaired) electrons. The molecular formula is C15H22O7. The smallest absolute Gasteiger partial charge is 0.160 e. The van der Waals surface area contributed by atoms with Gasteiger partial charge in [-0.15, -0.1) is 0 Å². The Bertz CT molecular complexity index is 507. The highest BCUT2D eigenvalue weighted by Gasteiger charge is 2.42. The van der Waals surface area contributed by atoms with E-state index in [2.05, 4.69) is 0 Å². The van der Waals surface area contributed by atoms with E-state index in [4.69, 9.17) is 9.47 Å². The Balaban J connectivity index is 2.12. The van der Waals surface area contributed by atoms with Crippen molar-refractivity contribution in [2.45, 2.75) is 44.1 Å². The number of rotatable bonds is 4. The molecule has 124 valence electrons. The lowest BCUT2D eigenvalue weighted by Gasteiger charge is -2.40. The van der Waals surface area contributed by atoms with E-state index in [-0.39, 0.29) is 17.9 Å². The number of phenolic OH excluding ortho intramolecular Hbond substituents is 1. The summed E-state index contributed by atoms with van der Waals surface area (Å²) in [7, 11) is 1.39. The number of ether oxygens (including phenoxy) is 2. The van der Waals surface area contributed by atoms with Crippen molar-refractivity contribution in [1.82, 2.24) is 0 Å². The van der Waals surface area contributed by atoms with E-state index in [1.54, 1.807) is 6.92 Å². The van der Waals surface area contributed by atoms with Gasteiger partial charge >= 0.3 is 0 Å².